The van der Waals surface area contributed by atoms with E-state index in [1.165, 1.54) is 31.2 Å². The van der Waals surface area contributed by atoms with Crippen LogP contribution in [-0.4, -0.2) is 35.6 Å². The van der Waals surface area contributed by atoms with E-state index in [0.717, 1.165) is 26.2 Å². The minimum atomic E-state index is 0.514. The Morgan fingerprint density at radius 3 is 3.20 bits per heavy atom. The first-order valence-corrected chi connectivity index (χ1v) is 7.63. The van der Waals surface area contributed by atoms with Gasteiger partial charge in [-0.05, 0) is 50.0 Å². The van der Waals surface area contributed by atoms with Crippen molar-refractivity contribution in [2.75, 3.05) is 19.6 Å². The van der Waals surface area contributed by atoms with Crippen molar-refractivity contribution >= 4 is 0 Å². The van der Waals surface area contributed by atoms with Crippen LogP contribution in [0.15, 0.2) is 18.3 Å². The van der Waals surface area contributed by atoms with Gasteiger partial charge in [-0.1, -0.05) is 13.3 Å². The maximum atomic E-state index is 8.93. The van der Waals surface area contributed by atoms with Crippen LogP contribution in [0.2, 0.25) is 0 Å². The Labute approximate surface area is 121 Å². The summed E-state index contributed by atoms with van der Waals surface area (Å²) in [4.78, 5) is 6.58. The highest BCUT2D eigenvalue weighted by molar-refractivity contribution is 5.25. The molecule has 0 bridgehead atoms. The summed E-state index contributed by atoms with van der Waals surface area (Å²) in [5.74, 6) is 0. The van der Waals surface area contributed by atoms with Crippen LogP contribution in [0.4, 0.5) is 0 Å². The molecule has 0 aliphatic carbocycles. The average Bonchev–Trinajstić information content (AvgIpc) is 2.49. The largest absolute Gasteiger partial charge is 0.315 e. The van der Waals surface area contributed by atoms with Crippen LogP contribution in [0.5, 0.6) is 0 Å². The molecule has 1 fully saturated rings. The second-order valence-corrected chi connectivity index (χ2v) is 5.49. The van der Waals surface area contributed by atoms with E-state index in [2.05, 4.69) is 28.2 Å². The first kappa shape index (κ1) is 15.0. The maximum Gasteiger partial charge on any atom is 0.140 e. The topological polar surface area (TPSA) is 52.0 Å². The van der Waals surface area contributed by atoms with E-state index in [0.29, 0.717) is 11.7 Å². The molecular weight excluding hydrogens is 248 g/mol. The van der Waals surface area contributed by atoms with Crippen LogP contribution >= 0.6 is 0 Å². The van der Waals surface area contributed by atoms with Gasteiger partial charge in [-0.3, -0.25) is 4.90 Å². The Hall–Kier alpha value is -1.44. The fourth-order valence-corrected chi connectivity index (χ4v) is 2.81. The van der Waals surface area contributed by atoms with Crippen LogP contribution in [-0.2, 0) is 6.54 Å². The van der Waals surface area contributed by atoms with Crippen molar-refractivity contribution in [2.45, 2.75) is 45.2 Å². The Morgan fingerprint density at radius 2 is 2.40 bits per heavy atom. The summed E-state index contributed by atoms with van der Waals surface area (Å²) in [7, 11) is 0. The molecule has 1 atom stereocenters. The third-order valence-electron chi connectivity index (χ3n) is 3.88. The molecule has 20 heavy (non-hydrogen) atoms. The molecule has 0 saturated carbocycles. The third kappa shape index (κ3) is 4.29. The number of nitrogens with one attached hydrogen (secondary N) is 1. The Morgan fingerprint density at radius 1 is 1.50 bits per heavy atom. The molecule has 108 valence electrons. The molecule has 1 aliphatic heterocycles. The summed E-state index contributed by atoms with van der Waals surface area (Å²) >= 11 is 0. The van der Waals surface area contributed by atoms with Crippen LogP contribution in [0, 0.1) is 11.3 Å². The quantitative estimate of drug-likeness (QED) is 0.807. The second-order valence-electron chi connectivity index (χ2n) is 5.49. The van der Waals surface area contributed by atoms with Gasteiger partial charge in [0.2, 0.25) is 0 Å². The summed E-state index contributed by atoms with van der Waals surface area (Å²) in [5, 5.41) is 12.5. The van der Waals surface area contributed by atoms with Crippen molar-refractivity contribution in [3.63, 3.8) is 0 Å². The lowest BCUT2D eigenvalue weighted by atomic mass is 10.0. The molecule has 1 saturated heterocycles. The number of nitrogens with zero attached hydrogens (tertiary/aromatic N) is 3. The van der Waals surface area contributed by atoms with Crippen molar-refractivity contribution < 1.29 is 0 Å². The molecule has 1 aliphatic rings. The number of rotatable bonds is 6. The minimum Gasteiger partial charge on any atom is -0.315 e. The Balaban J connectivity index is 1.95. The number of aromatic nitrogens is 1. The van der Waals surface area contributed by atoms with E-state index in [-0.39, 0.29) is 0 Å². The van der Waals surface area contributed by atoms with Crippen LogP contribution in [0.1, 0.15) is 43.9 Å². The van der Waals surface area contributed by atoms with Gasteiger partial charge in [-0.2, -0.15) is 5.26 Å². The third-order valence-corrected chi connectivity index (χ3v) is 3.88. The lowest BCUT2D eigenvalue weighted by molar-refractivity contribution is 0.137. The minimum absolute atomic E-state index is 0.514. The molecule has 4 heteroatoms. The van der Waals surface area contributed by atoms with Crippen molar-refractivity contribution in [1.29, 1.82) is 5.26 Å². The Bertz CT molecular complexity index is 452. The van der Waals surface area contributed by atoms with Gasteiger partial charge in [0, 0.05) is 25.3 Å². The summed E-state index contributed by atoms with van der Waals surface area (Å²) in [5.41, 5.74) is 1.71. The van der Waals surface area contributed by atoms with E-state index in [1.807, 2.05) is 12.1 Å². The van der Waals surface area contributed by atoms with E-state index in [1.54, 1.807) is 6.20 Å². The van der Waals surface area contributed by atoms with E-state index < -0.39 is 0 Å². The van der Waals surface area contributed by atoms with Crippen molar-refractivity contribution in [3.8, 4) is 6.07 Å². The Kier molecular flexibility index (Phi) is 5.97. The molecule has 1 N–H and O–H groups in total. The number of nitriles is 1. The van der Waals surface area contributed by atoms with Gasteiger partial charge in [0.1, 0.15) is 11.8 Å². The van der Waals surface area contributed by atoms with Crippen LogP contribution in [0.3, 0.4) is 0 Å². The van der Waals surface area contributed by atoms with E-state index in [4.69, 9.17) is 5.26 Å². The lowest BCUT2D eigenvalue weighted by Crippen LogP contribution is -2.45. The fraction of sp³-hybridized carbons (Fsp3) is 0.625. The standard InChI is InChI=1S/C16H24N4/c1-2-7-18-12-16-5-3-4-9-20(16)13-14-6-8-19-15(10-14)11-17/h6,8,10,16,18H,2-5,7,9,12-13H2,1H3. The molecule has 0 radical (unpaired) electrons. The smallest absolute Gasteiger partial charge is 0.140 e. The second kappa shape index (κ2) is 7.98. The van der Waals surface area contributed by atoms with Gasteiger partial charge in [-0.25, -0.2) is 4.98 Å². The van der Waals surface area contributed by atoms with Gasteiger partial charge in [-0.15, -0.1) is 0 Å². The maximum absolute atomic E-state index is 8.93. The van der Waals surface area contributed by atoms with Crippen LogP contribution in [0.25, 0.3) is 0 Å². The predicted octanol–water partition coefficient (Wildman–Crippen LogP) is 2.31. The summed E-state index contributed by atoms with van der Waals surface area (Å²) in [6.45, 7) is 6.45. The first-order valence-electron chi connectivity index (χ1n) is 7.63. The van der Waals surface area contributed by atoms with Crippen molar-refractivity contribution in [1.82, 2.24) is 15.2 Å². The molecule has 1 unspecified atom stereocenters. The van der Waals surface area contributed by atoms with Gasteiger partial charge < -0.3 is 5.32 Å². The summed E-state index contributed by atoms with van der Waals surface area (Å²) in [6.07, 6.45) is 6.80. The number of hydrogen-bond acceptors (Lipinski definition) is 4. The number of pyridine rings is 1. The molecule has 0 spiro atoms. The average molecular weight is 272 g/mol. The molecule has 0 amide bonds. The normalized spacial score (nSPS) is 19.7. The monoisotopic (exact) mass is 272 g/mol. The molecule has 2 heterocycles. The highest BCUT2D eigenvalue weighted by Crippen LogP contribution is 2.19. The van der Waals surface area contributed by atoms with Gasteiger partial charge in [0.25, 0.3) is 0 Å². The van der Waals surface area contributed by atoms with E-state index >= 15 is 0 Å². The first-order chi connectivity index (χ1) is 9.83. The lowest BCUT2D eigenvalue weighted by Gasteiger charge is -2.36. The van der Waals surface area contributed by atoms with E-state index in [9.17, 15) is 0 Å². The number of piperidine rings is 1. The summed E-state index contributed by atoms with van der Waals surface area (Å²) in [6, 6.07) is 6.66. The highest BCUT2D eigenvalue weighted by Gasteiger charge is 2.21. The van der Waals surface area contributed by atoms with Crippen molar-refractivity contribution in [3.05, 3.63) is 29.6 Å². The van der Waals surface area contributed by atoms with Gasteiger partial charge in [0.15, 0.2) is 0 Å². The zero-order valence-electron chi connectivity index (χ0n) is 12.3. The van der Waals surface area contributed by atoms with Crippen LogP contribution < -0.4 is 5.32 Å². The highest BCUT2D eigenvalue weighted by atomic mass is 15.2. The molecule has 1 aromatic rings. The van der Waals surface area contributed by atoms with Gasteiger partial charge >= 0.3 is 0 Å². The zero-order chi connectivity index (χ0) is 14.2. The summed E-state index contributed by atoms with van der Waals surface area (Å²) < 4.78 is 0. The number of likely N-dealkylation sites (tertiary alicyclic amines) is 1. The van der Waals surface area contributed by atoms with Crippen molar-refractivity contribution in [2.24, 2.45) is 0 Å². The zero-order valence-corrected chi connectivity index (χ0v) is 12.3. The molecule has 1 aromatic heterocycles. The SMILES string of the molecule is CCCNCC1CCCCN1Cc1ccnc(C#N)c1. The van der Waals surface area contributed by atoms with Gasteiger partial charge in [0.05, 0.1) is 0 Å². The fourth-order valence-electron chi connectivity index (χ4n) is 2.81. The number of hydrogen-bond donors (Lipinski definition) is 1. The molecular formula is C16H24N4. The molecule has 4 nitrogen and oxygen atoms in total. The molecule has 0 aromatic carbocycles. The molecule has 2 rings (SSSR count). The predicted molar refractivity (Wildman–Crippen MR) is 80.2 cm³/mol.